The third kappa shape index (κ3) is 3.79. The van der Waals surface area contributed by atoms with E-state index in [-0.39, 0.29) is 0 Å². The van der Waals surface area contributed by atoms with Crippen molar-refractivity contribution in [3.8, 4) is 0 Å². The number of anilines is 2. The Morgan fingerprint density at radius 3 is 2.53 bits per heavy atom. The van der Waals surface area contributed by atoms with Crippen LogP contribution in [0, 0.1) is 24.2 Å². The minimum Gasteiger partial charge on any atom is -0.381 e. The molecule has 3 fully saturated rings. The van der Waals surface area contributed by atoms with Crippen LogP contribution in [0.3, 0.4) is 0 Å². The molecule has 3 heterocycles. The zero-order chi connectivity index (χ0) is 20.7. The van der Waals surface area contributed by atoms with Crippen LogP contribution < -0.4 is 5.32 Å². The molecular weight excluding hydrogens is 374 g/mol. The molecule has 30 heavy (non-hydrogen) atoms. The van der Waals surface area contributed by atoms with Crippen molar-refractivity contribution >= 4 is 17.6 Å². The van der Waals surface area contributed by atoms with Crippen molar-refractivity contribution in [1.82, 2.24) is 14.7 Å². The van der Waals surface area contributed by atoms with Crippen LogP contribution >= 0.6 is 0 Å². The molecule has 2 saturated heterocycles. The Morgan fingerprint density at radius 1 is 1.17 bits per heavy atom. The zero-order valence-corrected chi connectivity index (χ0v) is 18.1. The molecule has 5 rings (SSSR count). The molecule has 2 N–H and O–H groups in total. The summed E-state index contributed by atoms with van der Waals surface area (Å²) in [7, 11) is 1.92. The summed E-state index contributed by atoms with van der Waals surface area (Å²) in [6.45, 7) is 6.61. The van der Waals surface area contributed by atoms with Gasteiger partial charge in [-0.05, 0) is 73.6 Å². The Hall–Kier alpha value is -2.18. The second-order valence-electron chi connectivity index (χ2n) is 9.45. The van der Waals surface area contributed by atoms with Gasteiger partial charge >= 0.3 is 0 Å². The van der Waals surface area contributed by atoms with Crippen molar-refractivity contribution in [2.45, 2.75) is 44.6 Å². The topological polar surface area (TPSA) is 66.2 Å². The van der Waals surface area contributed by atoms with E-state index in [1.807, 2.05) is 19.4 Å². The second-order valence-corrected chi connectivity index (χ2v) is 9.45. The lowest BCUT2D eigenvalue weighted by molar-refractivity contribution is 0.0395. The van der Waals surface area contributed by atoms with E-state index in [1.165, 1.54) is 56.1 Å². The molecule has 2 atom stereocenters. The normalized spacial score (nSPS) is 27.3. The van der Waals surface area contributed by atoms with Crippen molar-refractivity contribution in [2.24, 2.45) is 18.9 Å². The summed E-state index contributed by atoms with van der Waals surface area (Å²) in [5.74, 6) is 2.29. The summed E-state index contributed by atoms with van der Waals surface area (Å²) in [4.78, 5) is 2.76. The van der Waals surface area contributed by atoms with Crippen LogP contribution in [-0.4, -0.2) is 53.2 Å². The summed E-state index contributed by atoms with van der Waals surface area (Å²) < 4.78 is 7.36. The SMILES string of the molecule is Cc1cc(C=N)c(Nc2cnn(C)c2)cc1C1CC2CN(C3CCOCC3)CC2C1. The Bertz CT molecular complexity index is 902. The Labute approximate surface area is 179 Å². The molecule has 6 heteroatoms. The van der Waals surface area contributed by atoms with Crippen molar-refractivity contribution in [3.63, 3.8) is 0 Å². The first-order valence-electron chi connectivity index (χ1n) is 11.3. The first-order chi connectivity index (χ1) is 14.6. The molecule has 0 amide bonds. The van der Waals surface area contributed by atoms with Crippen LogP contribution in [0.25, 0.3) is 0 Å². The van der Waals surface area contributed by atoms with E-state index in [2.05, 4.69) is 34.4 Å². The maximum absolute atomic E-state index is 7.85. The standard InChI is InChI=1S/C24H33N5O/c1-16-7-18(11-25)24(27-21-12-26-28(2)15-21)10-23(16)17-8-19-13-29(14-20(19)9-17)22-3-5-30-6-4-22/h7,10-12,15,17,19-20,22,25,27H,3-6,8-9,13-14H2,1-2H3. The highest BCUT2D eigenvalue weighted by Gasteiger charge is 2.43. The molecule has 1 aromatic carbocycles. The third-order valence-electron chi connectivity index (χ3n) is 7.50. The highest BCUT2D eigenvalue weighted by Crippen LogP contribution is 2.48. The fourth-order valence-corrected chi connectivity index (χ4v) is 5.99. The summed E-state index contributed by atoms with van der Waals surface area (Å²) in [6, 6.07) is 5.21. The number of hydrogen-bond donors (Lipinski definition) is 2. The maximum Gasteiger partial charge on any atom is 0.0770 e. The van der Waals surface area contributed by atoms with Crippen molar-refractivity contribution in [2.75, 3.05) is 31.6 Å². The number of aromatic nitrogens is 2. The highest BCUT2D eigenvalue weighted by molar-refractivity contribution is 5.88. The molecule has 0 spiro atoms. The summed E-state index contributed by atoms with van der Waals surface area (Å²) in [6.07, 6.45) is 10.2. The third-order valence-corrected chi connectivity index (χ3v) is 7.50. The van der Waals surface area contributed by atoms with Crippen LogP contribution in [0.5, 0.6) is 0 Å². The minimum atomic E-state index is 0.631. The lowest BCUT2D eigenvalue weighted by atomic mass is 9.90. The van der Waals surface area contributed by atoms with Crippen LogP contribution in [-0.2, 0) is 11.8 Å². The van der Waals surface area contributed by atoms with E-state index >= 15 is 0 Å². The molecule has 2 aromatic rings. The van der Waals surface area contributed by atoms with Gasteiger partial charge in [-0.15, -0.1) is 0 Å². The molecule has 0 bridgehead atoms. The Morgan fingerprint density at radius 2 is 1.90 bits per heavy atom. The summed E-state index contributed by atoms with van der Waals surface area (Å²) >= 11 is 0. The second kappa shape index (κ2) is 8.16. The van der Waals surface area contributed by atoms with Crippen molar-refractivity contribution < 1.29 is 4.74 Å². The molecule has 6 nitrogen and oxygen atoms in total. The minimum absolute atomic E-state index is 0.631. The average Bonchev–Trinajstić information content (AvgIpc) is 3.44. The van der Waals surface area contributed by atoms with Crippen molar-refractivity contribution in [1.29, 1.82) is 5.41 Å². The number of nitrogens with one attached hydrogen (secondary N) is 2. The van der Waals surface area contributed by atoms with E-state index in [9.17, 15) is 0 Å². The predicted molar refractivity (Wildman–Crippen MR) is 120 cm³/mol. The molecule has 2 aliphatic heterocycles. The largest absolute Gasteiger partial charge is 0.381 e. The Balaban J connectivity index is 1.31. The van der Waals surface area contributed by atoms with Gasteiger partial charge in [0.1, 0.15) is 0 Å². The molecule has 1 saturated carbocycles. The van der Waals surface area contributed by atoms with Gasteiger partial charge in [0.2, 0.25) is 0 Å². The van der Waals surface area contributed by atoms with Crippen LogP contribution in [0.15, 0.2) is 24.5 Å². The molecule has 2 unspecified atom stereocenters. The van der Waals surface area contributed by atoms with E-state index in [0.29, 0.717) is 5.92 Å². The Kier molecular flexibility index (Phi) is 5.37. The molecule has 3 aliphatic rings. The van der Waals surface area contributed by atoms with Crippen LogP contribution in [0.1, 0.15) is 48.3 Å². The monoisotopic (exact) mass is 407 g/mol. The summed E-state index contributed by atoms with van der Waals surface area (Å²) in [5.41, 5.74) is 5.68. The number of nitrogens with zero attached hydrogens (tertiary/aromatic N) is 3. The van der Waals surface area contributed by atoms with Gasteiger partial charge in [0.15, 0.2) is 0 Å². The number of aryl methyl sites for hydroxylation is 2. The van der Waals surface area contributed by atoms with Gasteiger partial charge in [0, 0.05) is 63.1 Å². The first kappa shape index (κ1) is 19.8. The molecule has 1 aliphatic carbocycles. The van der Waals surface area contributed by atoms with Gasteiger partial charge in [-0.25, -0.2) is 0 Å². The highest BCUT2D eigenvalue weighted by atomic mass is 16.5. The molecule has 1 aromatic heterocycles. The molecule has 160 valence electrons. The zero-order valence-electron chi connectivity index (χ0n) is 18.1. The van der Waals surface area contributed by atoms with Gasteiger partial charge in [0.05, 0.1) is 11.9 Å². The van der Waals surface area contributed by atoms with Crippen molar-refractivity contribution in [3.05, 3.63) is 41.2 Å². The molecular formula is C24H33N5O. The molecule has 0 radical (unpaired) electrons. The number of hydrogen-bond acceptors (Lipinski definition) is 5. The van der Waals surface area contributed by atoms with Gasteiger partial charge in [0.25, 0.3) is 0 Å². The van der Waals surface area contributed by atoms with Gasteiger partial charge in [-0.3, -0.25) is 9.58 Å². The maximum atomic E-state index is 7.85. The van der Waals surface area contributed by atoms with E-state index in [1.54, 1.807) is 4.68 Å². The number of ether oxygens (including phenoxy) is 1. The fourth-order valence-electron chi connectivity index (χ4n) is 5.99. The predicted octanol–water partition coefficient (Wildman–Crippen LogP) is 4.07. The van der Waals surface area contributed by atoms with Gasteiger partial charge in [-0.2, -0.15) is 5.10 Å². The summed E-state index contributed by atoms with van der Waals surface area (Å²) in [5, 5.41) is 15.6. The lowest BCUT2D eigenvalue weighted by Crippen LogP contribution is -2.38. The van der Waals surface area contributed by atoms with Gasteiger partial charge in [-0.1, -0.05) is 0 Å². The van der Waals surface area contributed by atoms with E-state index in [4.69, 9.17) is 10.1 Å². The van der Waals surface area contributed by atoms with E-state index in [0.717, 1.165) is 48.0 Å². The lowest BCUT2D eigenvalue weighted by Gasteiger charge is -2.32. The number of fused-ring (bicyclic) bond motifs is 1. The van der Waals surface area contributed by atoms with E-state index < -0.39 is 0 Å². The number of benzene rings is 1. The fraction of sp³-hybridized carbons (Fsp3) is 0.583. The van der Waals surface area contributed by atoms with Crippen LogP contribution in [0.4, 0.5) is 11.4 Å². The number of rotatable bonds is 5. The van der Waals surface area contributed by atoms with Gasteiger partial charge < -0.3 is 15.5 Å². The first-order valence-corrected chi connectivity index (χ1v) is 11.3. The van der Waals surface area contributed by atoms with Crippen LogP contribution in [0.2, 0.25) is 0 Å². The number of likely N-dealkylation sites (tertiary alicyclic amines) is 1. The average molecular weight is 408 g/mol. The smallest absolute Gasteiger partial charge is 0.0770 e. The quantitative estimate of drug-likeness (QED) is 0.733.